The summed E-state index contributed by atoms with van der Waals surface area (Å²) >= 11 is 0. The number of nitrogens with one attached hydrogen (secondary N) is 1. The zero-order valence-corrected chi connectivity index (χ0v) is 12.1. The first-order valence-electron chi connectivity index (χ1n) is 6.59. The highest BCUT2D eigenvalue weighted by Gasteiger charge is 2.11. The standard InChI is InChI=1S/C14H18FN3O3/c1-10-17-13(18-21-10)9-20-14-11(4-3-5-12(14)15)8-16-6-7-19-2/h3-5,16H,6-9H2,1-2H3. The van der Waals surface area contributed by atoms with E-state index in [-0.39, 0.29) is 12.4 Å². The molecule has 0 aliphatic carbocycles. The van der Waals surface area contributed by atoms with Crippen LogP contribution in [0.4, 0.5) is 4.39 Å². The van der Waals surface area contributed by atoms with Gasteiger partial charge in [0.25, 0.3) is 0 Å². The van der Waals surface area contributed by atoms with Gasteiger partial charge in [-0.25, -0.2) is 4.39 Å². The first kappa shape index (κ1) is 15.4. The van der Waals surface area contributed by atoms with Gasteiger partial charge < -0.3 is 19.3 Å². The third-order valence-electron chi connectivity index (χ3n) is 2.76. The van der Waals surface area contributed by atoms with E-state index in [0.29, 0.717) is 31.4 Å². The number of methoxy groups -OCH3 is 1. The van der Waals surface area contributed by atoms with E-state index in [1.807, 2.05) is 0 Å². The molecule has 21 heavy (non-hydrogen) atoms. The van der Waals surface area contributed by atoms with Crippen LogP contribution in [0.25, 0.3) is 0 Å². The fraction of sp³-hybridized carbons (Fsp3) is 0.429. The second-order valence-corrected chi connectivity index (χ2v) is 4.42. The lowest BCUT2D eigenvalue weighted by Gasteiger charge is -2.12. The Morgan fingerprint density at radius 3 is 2.95 bits per heavy atom. The maximum absolute atomic E-state index is 13.9. The molecule has 1 aromatic heterocycles. The second kappa shape index (κ2) is 7.70. The fourth-order valence-corrected chi connectivity index (χ4v) is 1.79. The van der Waals surface area contributed by atoms with Crippen molar-refractivity contribution in [3.05, 3.63) is 41.3 Å². The lowest BCUT2D eigenvalue weighted by Crippen LogP contribution is -2.19. The number of aryl methyl sites for hydroxylation is 1. The van der Waals surface area contributed by atoms with Crippen LogP contribution < -0.4 is 10.1 Å². The van der Waals surface area contributed by atoms with E-state index in [9.17, 15) is 4.39 Å². The molecule has 0 saturated carbocycles. The Balaban J connectivity index is 1.99. The molecular weight excluding hydrogens is 277 g/mol. The van der Waals surface area contributed by atoms with Crippen LogP contribution in [0.15, 0.2) is 22.7 Å². The summed E-state index contributed by atoms with van der Waals surface area (Å²) in [5.41, 5.74) is 0.728. The molecule has 0 amide bonds. The van der Waals surface area contributed by atoms with Crippen LogP contribution in [-0.2, 0) is 17.9 Å². The molecule has 0 radical (unpaired) electrons. The maximum Gasteiger partial charge on any atom is 0.223 e. The van der Waals surface area contributed by atoms with Gasteiger partial charge in [-0.15, -0.1) is 0 Å². The molecule has 0 fully saturated rings. The molecule has 0 aliphatic rings. The Morgan fingerprint density at radius 1 is 1.38 bits per heavy atom. The first-order valence-corrected chi connectivity index (χ1v) is 6.59. The molecule has 0 bridgehead atoms. The third-order valence-corrected chi connectivity index (χ3v) is 2.76. The minimum Gasteiger partial charge on any atom is -0.482 e. The molecule has 0 saturated heterocycles. The zero-order valence-electron chi connectivity index (χ0n) is 12.1. The van der Waals surface area contributed by atoms with Crippen molar-refractivity contribution >= 4 is 0 Å². The monoisotopic (exact) mass is 295 g/mol. The molecule has 0 aliphatic heterocycles. The number of halogens is 1. The van der Waals surface area contributed by atoms with Gasteiger partial charge in [-0.05, 0) is 6.07 Å². The van der Waals surface area contributed by atoms with E-state index in [0.717, 1.165) is 5.56 Å². The predicted molar refractivity (Wildman–Crippen MR) is 73.3 cm³/mol. The molecule has 7 heteroatoms. The Labute approximate surface area is 122 Å². The number of ether oxygens (including phenoxy) is 2. The van der Waals surface area contributed by atoms with Gasteiger partial charge in [0.1, 0.15) is 0 Å². The molecule has 0 unspecified atom stereocenters. The Morgan fingerprint density at radius 2 is 2.24 bits per heavy atom. The van der Waals surface area contributed by atoms with Gasteiger partial charge in [-0.2, -0.15) is 4.98 Å². The molecule has 1 heterocycles. The summed E-state index contributed by atoms with van der Waals surface area (Å²) in [7, 11) is 1.63. The van der Waals surface area contributed by atoms with Crippen LogP contribution in [0.1, 0.15) is 17.3 Å². The van der Waals surface area contributed by atoms with Crippen molar-refractivity contribution in [1.82, 2.24) is 15.5 Å². The summed E-state index contributed by atoms with van der Waals surface area (Å²) in [4.78, 5) is 4.01. The topological polar surface area (TPSA) is 69.4 Å². The Kier molecular flexibility index (Phi) is 5.65. The van der Waals surface area contributed by atoms with Gasteiger partial charge in [-0.1, -0.05) is 17.3 Å². The lowest BCUT2D eigenvalue weighted by atomic mass is 10.2. The highest BCUT2D eigenvalue weighted by Crippen LogP contribution is 2.23. The zero-order chi connectivity index (χ0) is 15.1. The van der Waals surface area contributed by atoms with E-state index >= 15 is 0 Å². The van der Waals surface area contributed by atoms with Gasteiger partial charge in [0, 0.05) is 32.7 Å². The van der Waals surface area contributed by atoms with Crippen molar-refractivity contribution in [2.45, 2.75) is 20.1 Å². The summed E-state index contributed by atoms with van der Waals surface area (Å²) in [6, 6.07) is 4.81. The molecule has 0 spiro atoms. The van der Waals surface area contributed by atoms with Crippen molar-refractivity contribution in [1.29, 1.82) is 0 Å². The maximum atomic E-state index is 13.9. The van der Waals surface area contributed by atoms with Gasteiger partial charge in [0.05, 0.1) is 6.61 Å². The second-order valence-electron chi connectivity index (χ2n) is 4.42. The minimum atomic E-state index is -0.416. The van der Waals surface area contributed by atoms with Gasteiger partial charge >= 0.3 is 0 Å². The molecule has 114 valence electrons. The van der Waals surface area contributed by atoms with E-state index in [1.165, 1.54) is 6.07 Å². The largest absolute Gasteiger partial charge is 0.482 e. The van der Waals surface area contributed by atoms with Gasteiger partial charge in [0.2, 0.25) is 11.7 Å². The predicted octanol–water partition coefficient (Wildman–Crippen LogP) is 1.83. The van der Waals surface area contributed by atoms with Crippen molar-refractivity contribution < 1.29 is 18.4 Å². The van der Waals surface area contributed by atoms with Crippen molar-refractivity contribution in [3.8, 4) is 5.75 Å². The Hall–Kier alpha value is -1.99. The van der Waals surface area contributed by atoms with Crippen LogP contribution >= 0.6 is 0 Å². The number of hydrogen-bond donors (Lipinski definition) is 1. The highest BCUT2D eigenvalue weighted by atomic mass is 19.1. The van der Waals surface area contributed by atoms with Crippen molar-refractivity contribution in [3.63, 3.8) is 0 Å². The SMILES string of the molecule is COCCNCc1cccc(F)c1OCc1noc(C)n1. The summed E-state index contributed by atoms with van der Waals surface area (Å²) < 4.78 is 29.2. The van der Waals surface area contributed by atoms with Crippen LogP contribution in [0, 0.1) is 12.7 Å². The van der Waals surface area contributed by atoms with Crippen LogP contribution in [-0.4, -0.2) is 30.4 Å². The summed E-state index contributed by atoms with van der Waals surface area (Å²) in [6.07, 6.45) is 0. The number of para-hydroxylation sites is 1. The normalized spacial score (nSPS) is 10.8. The minimum absolute atomic E-state index is 0.0589. The number of benzene rings is 1. The summed E-state index contributed by atoms with van der Waals surface area (Å²) in [5.74, 6) is 0.615. The molecule has 0 atom stereocenters. The first-order chi connectivity index (χ1) is 10.2. The smallest absolute Gasteiger partial charge is 0.223 e. The number of hydrogen-bond acceptors (Lipinski definition) is 6. The third kappa shape index (κ3) is 4.51. The van der Waals surface area contributed by atoms with E-state index in [2.05, 4.69) is 15.5 Å². The summed E-state index contributed by atoms with van der Waals surface area (Å²) in [5, 5.41) is 6.86. The van der Waals surface area contributed by atoms with Crippen molar-refractivity contribution in [2.75, 3.05) is 20.3 Å². The van der Waals surface area contributed by atoms with E-state index in [4.69, 9.17) is 14.0 Å². The fourth-order valence-electron chi connectivity index (χ4n) is 1.79. The highest BCUT2D eigenvalue weighted by molar-refractivity contribution is 5.35. The average Bonchev–Trinajstić information content (AvgIpc) is 2.88. The van der Waals surface area contributed by atoms with Crippen molar-refractivity contribution in [2.24, 2.45) is 0 Å². The molecule has 6 nitrogen and oxygen atoms in total. The quantitative estimate of drug-likeness (QED) is 0.749. The van der Waals surface area contributed by atoms with E-state index < -0.39 is 5.82 Å². The Bertz CT molecular complexity index is 574. The van der Waals surface area contributed by atoms with Crippen LogP contribution in [0.5, 0.6) is 5.75 Å². The molecular formula is C14H18FN3O3. The molecule has 1 N–H and O–H groups in total. The van der Waals surface area contributed by atoms with Gasteiger partial charge in [0.15, 0.2) is 18.2 Å². The van der Waals surface area contributed by atoms with E-state index in [1.54, 1.807) is 26.2 Å². The molecule has 2 aromatic rings. The lowest BCUT2D eigenvalue weighted by molar-refractivity contribution is 0.199. The van der Waals surface area contributed by atoms with Crippen LogP contribution in [0.2, 0.25) is 0 Å². The number of rotatable bonds is 8. The number of aromatic nitrogens is 2. The van der Waals surface area contributed by atoms with Gasteiger partial charge in [-0.3, -0.25) is 0 Å². The molecule has 2 rings (SSSR count). The molecule has 1 aromatic carbocycles. The van der Waals surface area contributed by atoms with Crippen LogP contribution in [0.3, 0.4) is 0 Å². The average molecular weight is 295 g/mol. The summed E-state index contributed by atoms with van der Waals surface area (Å²) in [6.45, 7) is 3.50. The number of nitrogens with zero attached hydrogens (tertiary/aromatic N) is 2.